The predicted octanol–water partition coefficient (Wildman–Crippen LogP) is 2.23. The molecule has 1 saturated heterocycles. The molecule has 1 fully saturated rings. The third kappa shape index (κ3) is 2.27. The van der Waals surface area contributed by atoms with Crippen LogP contribution in [-0.2, 0) is 4.79 Å². The van der Waals surface area contributed by atoms with Gasteiger partial charge in [0.2, 0.25) is 5.91 Å². The lowest BCUT2D eigenvalue weighted by Crippen LogP contribution is -2.28. The number of aromatic carboxylic acids is 1. The first-order valence-electron chi connectivity index (χ1n) is 5.90. The minimum absolute atomic E-state index is 0.0326. The largest absolute Gasteiger partial charge is 0.478 e. The number of nitrogens with zero attached hydrogens (tertiary/aromatic N) is 1. The van der Waals surface area contributed by atoms with Gasteiger partial charge in [0.05, 0.1) is 11.6 Å². The molecule has 4 nitrogen and oxygen atoms in total. The zero-order valence-corrected chi connectivity index (χ0v) is 10.0. The highest BCUT2D eigenvalue weighted by Crippen LogP contribution is 2.32. The Morgan fingerprint density at radius 3 is 2.89 bits per heavy atom. The Bertz CT molecular complexity index is 496. The first-order chi connectivity index (χ1) is 8.63. The van der Waals surface area contributed by atoms with Gasteiger partial charge in [-0.15, -0.1) is 0 Å². The van der Waals surface area contributed by atoms with Crippen LogP contribution in [-0.4, -0.2) is 28.4 Å². The van der Waals surface area contributed by atoms with Crippen LogP contribution < -0.4 is 0 Å². The third-order valence-corrected chi connectivity index (χ3v) is 3.23. The lowest BCUT2D eigenvalue weighted by atomic mass is 10.0. The lowest BCUT2D eigenvalue weighted by molar-refractivity contribution is -0.126. The van der Waals surface area contributed by atoms with Crippen molar-refractivity contribution in [2.75, 3.05) is 6.54 Å². The number of hydrogen-bond donors (Lipinski definition) is 1. The Hall–Kier alpha value is -2.10. The number of carbonyl (C=O) groups is 2. The zero-order valence-electron chi connectivity index (χ0n) is 10.0. The number of benzene rings is 1. The molecule has 0 aliphatic carbocycles. The van der Waals surface area contributed by atoms with Gasteiger partial charge in [0, 0.05) is 6.54 Å². The van der Waals surface area contributed by atoms with Crippen molar-refractivity contribution in [3.05, 3.63) is 48.0 Å². The fourth-order valence-electron chi connectivity index (χ4n) is 2.37. The third-order valence-electron chi connectivity index (χ3n) is 3.23. The second kappa shape index (κ2) is 5.04. The average molecular weight is 245 g/mol. The quantitative estimate of drug-likeness (QED) is 0.831. The molecule has 0 saturated carbocycles. The summed E-state index contributed by atoms with van der Waals surface area (Å²) in [5.41, 5.74) is 1.13. The van der Waals surface area contributed by atoms with E-state index >= 15 is 0 Å². The molecule has 0 radical (unpaired) electrons. The van der Waals surface area contributed by atoms with Crippen LogP contribution in [0.3, 0.4) is 0 Å². The Kier molecular flexibility index (Phi) is 3.46. The number of likely N-dealkylation sites (tertiary alicyclic amines) is 1. The van der Waals surface area contributed by atoms with Crippen molar-refractivity contribution in [2.45, 2.75) is 18.9 Å². The van der Waals surface area contributed by atoms with Gasteiger partial charge in [0.25, 0.3) is 0 Å². The Morgan fingerprint density at radius 2 is 2.22 bits per heavy atom. The van der Waals surface area contributed by atoms with E-state index < -0.39 is 5.97 Å². The van der Waals surface area contributed by atoms with Crippen LogP contribution in [0.2, 0.25) is 0 Å². The van der Waals surface area contributed by atoms with Gasteiger partial charge in [-0.05, 0) is 36.6 Å². The van der Waals surface area contributed by atoms with E-state index in [1.54, 1.807) is 23.1 Å². The van der Waals surface area contributed by atoms with Crippen molar-refractivity contribution in [3.63, 3.8) is 0 Å². The van der Waals surface area contributed by atoms with Crippen LogP contribution in [0.4, 0.5) is 0 Å². The molecule has 2 rings (SSSR count). The minimum Gasteiger partial charge on any atom is -0.478 e. The number of hydrogen-bond acceptors (Lipinski definition) is 2. The van der Waals surface area contributed by atoms with Gasteiger partial charge in [0.1, 0.15) is 0 Å². The standard InChI is InChI=1S/C14H15NO3/c1-2-13(16)15-8-4-7-12(15)10-5-3-6-11(9-10)14(17)18/h2-3,5-6,9,12H,1,4,7-8H2,(H,17,18). The van der Waals surface area contributed by atoms with Gasteiger partial charge in [-0.25, -0.2) is 4.79 Å². The molecule has 1 amide bonds. The highest BCUT2D eigenvalue weighted by Gasteiger charge is 2.28. The van der Waals surface area contributed by atoms with Gasteiger partial charge in [-0.1, -0.05) is 18.7 Å². The van der Waals surface area contributed by atoms with Crippen molar-refractivity contribution < 1.29 is 14.7 Å². The molecule has 1 aromatic carbocycles. The summed E-state index contributed by atoms with van der Waals surface area (Å²) in [5.74, 6) is -1.05. The molecule has 1 N–H and O–H groups in total. The molecule has 1 aromatic rings. The van der Waals surface area contributed by atoms with Crippen LogP contribution in [0.1, 0.15) is 34.8 Å². The monoisotopic (exact) mass is 245 g/mol. The Labute approximate surface area is 106 Å². The number of carboxylic acid groups (broad SMARTS) is 1. The first-order valence-corrected chi connectivity index (χ1v) is 5.90. The fraction of sp³-hybridized carbons (Fsp3) is 0.286. The van der Waals surface area contributed by atoms with E-state index in [-0.39, 0.29) is 17.5 Å². The molecular formula is C14H15NO3. The van der Waals surface area contributed by atoms with Crippen LogP contribution >= 0.6 is 0 Å². The van der Waals surface area contributed by atoms with Crippen molar-refractivity contribution in [2.24, 2.45) is 0 Å². The van der Waals surface area contributed by atoms with E-state index in [2.05, 4.69) is 6.58 Å². The Balaban J connectivity index is 2.30. The average Bonchev–Trinajstić information content (AvgIpc) is 2.87. The van der Waals surface area contributed by atoms with E-state index in [4.69, 9.17) is 5.11 Å². The number of carboxylic acids is 1. The zero-order chi connectivity index (χ0) is 13.1. The summed E-state index contributed by atoms with van der Waals surface area (Å²) in [4.78, 5) is 24.4. The SMILES string of the molecule is C=CC(=O)N1CCCC1c1cccc(C(=O)O)c1. The van der Waals surface area contributed by atoms with Gasteiger partial charge >= 0.3 is 5.97 Å². The highest BCUT2D eigenvalue weighted by atomic mass is 16.4. The summed E-state index contributed by atoms with van der Waals surface area (Å²) in [6, 6.07) is 6.75. The van der Waals surface area contributed by atoms with E-state index in [0.29, 0.717) is 6.54 Å². The smallest absolute Gasteiger partial charge is 0.335 e. The van der Waals surface area contributed by atoms with E-state index in [9.17, 15) is 9.59 Å². The van der Waals surface area contributed by atoms with Crippen molar-refractivity contribution in [1.82, 2.24) is 4.90 Å². The number of carbonyl (C=O) groups excluding carboxylic acids is 1. The molecule has 0 bridgehead atoms. The molecule has 18 heavy (non-hydrogen) atoms. The van der Waals surface area contributed by atoms with Crippen molar-refractivity contribution in [3.8, 4) is 0 Å². The van der Waals surface area contributed by atoms with E-state index in [1.165, 1.54) is 6.08 Å². The normalized spacial score (nSPS) is 18.7. The second-order valence-electron chi connectivity index (χ2n) is 4.32. The maximum Gasteiger partial charge on any atom is 0.335 e. The van der Waals surface area contributed by atoms with Crippen molar-refractivity contribution >= 4 is 11.9 Å². The predicted molar refractivity (Wildman–Crippen MR) is 67.3 cm³/mol. The number of rotatable bonds is 3. The molecule has 0 aromatic heterocycles. The molecule has 1 atom stereocenters. The molecule has 1 unspecified atom stereocenters. The van der Waals surface area contributed by atoms with Gasteiger partial charge < -0.3 is 10.0 Å². The molecule has 94 valence electrons. The van der Waals surface area contributed by atoms with E-state index in [1.807, 2.05) is 6.07 Å². The molecule has 1 aliphatic rings. The number of amides is 1. The van der Waals surface area contributed by atoms with Crippen molar-refractivity contribution in [1.29, 1.82) is 0 Å². The topological polar surface area (TPSA) is 57.6 Å². The molecule has 0 spiro atoms. The van der Waals surface area contributed by atoms with E-state index in [0.717, 1.165) is 18.4 Å². The summed E-state index contributed by atoms with van der Waals surface area (Å²) in [6.07, 6.45) is 3.10. The molecule has 1 aliphatic heterocycles. The van der Waals surface area contributed by atoms with Crippen LogP contribution in [0, 0.1) is 0 Å². The maximum absolute atomic E-state index is 11.7. The molecule has 1 heterocycles. The summed E-state index contributed by atoms with van der Waals surface area (Å²) >= 11 is 0. The van der Waals surface area contributed by atoms with Gasteiger partial charge in [-0.3, -0.25) is 4.79 Å². The maximum atomic E-state index is 11.7. The summed E-state index contributed by atoms with van der Waals surface area (Å²) in [7, 11) is 0. The highest BCUT2D eigenvalue weighted by molar-refractivity contribution is 5.88. The first kappa shape index (κ1) is 12.4. The molecule has 4 heteroatoms. The summed E-state index contributed by atoms with van der Waals surface area (Å²) in [5, 5.41) is 8.98. The van der Waals surface area contributed by atoms with Gasteiger partial charge in [0.15, 0.2) is 0 Å². The summed E-state index contributed by atoms with van der Waals surface area (Å²) in [6.45, 7) is 4.19. The van der Waals surface area contributed by atoms with Gasteiger partial charge in [-0.2, -0.15) is 0 Å². The second-order valence-corrected chi connectivity index (χ2v) is 4.32. The summed E-state index contributed by atoms with van der Waals surface area (Å²) < 4.78 is 0. The Morgan fingerprint density at radius 1 is 1.44 bits per heavy atom. The minimum atomic E-state index is -0.948. The van der Waals surface area contributed by atoms with Crippen LogP contribution in [0.15, 0.2) is 36.9 Å². The van der Waals surface area contributed by atoms with Crippen LogP contribution in [0.25, 0.3) is 0 Å². The molecular weight excluding hydrogens is 230 g/mol. The lowest BCUT2D eigenvalue weighted by Gasteiger charge is -2.24. The fourth-order valence-corrected chi connectivity index (χ4v) is 2.37. The van der Waals surface area contributed by atoms with Crippen LogP contribution in [0.5, 0.6) is 0 Å².